The highest BCUT2D eigenvalue weighted by molar-refractivity contribution is 5.90. The Kier molecular flexibility index (Phi) is 3.99. The molecule has 0 aliphatic carbocycles. The van der Waals surface area contributed by atoms with Crippen molar-refractivity contribution in [1.82, 2.24) is 0 Å². The van der Waals surface area contributed by atoms with Gasteiger partial charge in [-0.1, -0.05) is 27.7 Å². The van der Waals surface area contributed by atoms with Gasteiger partial charge in [0.05, 0.1) is 0 Å². The third-order valence-corrected chi connectivity index (χ3v) is 2.71. The summed E-state index contributed by atoms with van der Waals surface area (Å²) in [7, 11) is 0. The third kappa shape index (κ3) is 3.12. The Morgan fingerprint density at radius 1 is 1.12 bits per heavy atom. The zero-order valence-corrected chi connectivity index (χ0v) is 10.9. The second-order valence-electron chi connectivity index (χ2n) is 4.87. The van der Waals surface area contributed by atoms with Crippen LogP contribution in [0.25, 0.3) is 0 Å². The first kappa shape index (κ1) is 13.4. The number of hydrogen-bond acceptors (Lipinski definition) is 2. The molecule has 0 saturated heterocycles. The van der Waals surface area contributed by atoms with Crippen molar-refractivity contribution in [3.8, 4) is 0 Å². The number of nitrogen functional groups attached to an aromatic ring is 1. The maximum Gasteiger partial charge on any atom is 0.316 e. The van der Waals surface area contributed by atoms with Gasteiger partial charge in [-0.2, -0.15) is 0 Å². The summed E-state index contributed by atoms with van der Waals surface area (Å²) in [6.07, 6.45) is 0. The Bertz CT molecular complexity index is 396. The molecule has 1 rings (SSSR count). The number of nitrogens with one attached hydrogen (secondary N) is 1. The number of carbonyl (C=O) groups excluding carboxylic acids is 1. The van der Waals surface area contributed by atoms with Crippen molar-refractivity contribution in [3.63, 3.8) is 0 Å². The smallest absolute Gasteiger partial charge is 0.316 e. The lowest BCUT2D eigenvalue weighted by Crippen LogP contribution is -2.22. The molecule has 0 bridgehead atoms. The second-order valence-corrected chi connectivity index (χ2v) is 4.87. The first-order chi connectivity index (χ1) is 7.82. The molecular weight excluding hydrogens is 214 g/mol. The summed E-state index contributed by atoms with van der Waals surface area (Å²) in [6.45, 7) is 8.24. The van der Waals surface area contributed by atoms with Crippen molar-refractivity contribution >= 4 is 17.4 Å². The fourth-order valence-corrected chi connectivity index (χ4v) is 1.89. The first-order valence-electron chi connectivity index (χ1n) is 5.82. The van der Waals surface area contributed by atoms with E-state index in [1.165, 1.54) is 0 Å². The van der Waals surface area contributed by atoms with Gasteiger partial charge in [0.25, 0.3) is 0 Å². The van der Waals surface area contributed by atoms with Gasteiger partial charge in [-0.3, -0.25) is 0 Å². The van der Waals surface area contributed by atoms with Gasteiger partial charge in [-0.15, -0.1) is 0 Å². The van der Waals surface area contributed by atoms with Crippen LogP contribution < -0.4 is 16.8 Å². The molecule has 1 aromatic rings. The van der Waals surface area contributed by atoms with Gasteiger partial charge >= 0.3 is 6.03 Å². The molecule has 0 fully saturated rings. The molecule has 0 atom stereocenters. The molecule has 5 N–H and O–H groups in total. The SMILES string of the molecule is CC(C)c1cc(N)cc(C(C)C)c1NC(N)=O. The topological polar surface area (TPSA) is 81.1 Å². The van der Waals surface area contributed by atoms with Gasteiger partial charge in [0.2, 0.25) is 0 Å². The number of nitrogens with two attached hydrogens (primary N) is 2. The monoisotopic (exact) mass is 235 g/mol. The summed E-state index contributed by atoms with van der Waals surface area (Å²) in [6, 6.07) is 3.24. The summed E-state index contributed by atoms with van der Waals surface area (Å²) in [5, 5.41) is 2.72. The van der Waals surface area contributed by atoms with E-state index in [4.69, 9.17) is 11.5 Å². The summed E-state index contributed by atoms with van der Waals surface area (Å²) >= 11 is 0. The van der Waals surface area contributed by atoms with Crippen molar-refractivity contribution in [2.24, 2.45) is 5.73 Å². The van der Waals surface area contributed by atoms with Gasteiger partial charge in [0.1, 0.15) is 0 Å². The van der Waals surface area contributed by atoms with E-state index in [9.17, 15) is 4.79 Å². The number of urea groups is 1. The van der Waals surface area contributed by atoms with Crippen molar-refractivity contribution in [3.05, 3.63) is 23.3 Å². The van der Waals surface area contributed by atoms with Gasteiger partial charge in [-0.05, 0) is 35.1 Å². The minimum Gasteiger partial charge on any atom is -0.399 e. The molecule has 2 amide bonds. The molecule has 0 heterocycles. The molecule has 0 unspecified atom stereocenters. The molecule has 94 valence electrons. The molecule has 17 heavy (non-hydrogen) atoms. The van der Waals surface area contributed by atoms with Crippen molar-refractivity contribution in [1.29, 1.82) is 0 Å². The Balaban J connectivity index is 3.41. The highest BCUT2D eigenvalue weighted by Crippen LogP contribution is 2.34. The fraction of sp³-hybridized carbons (Fsp3) is 0.462. The van der Waals surface area contributed by atoms with Crippen LogP contribution in [0.2, 0.25) is 0 Å². The lowest BCUT2D eigenvalue weighted by atomic mass is 9.92. The van der Waals surface area contributed by atoms with Crippen LogP contribution in [0.4, 0.5) is 16.2 Å². The van der Waals surface area contributed by atoms with E-state index in [0.29, 0.717) is 5.69 Å². The highest BCUT2D eigenvalue weighted by atomic mass is 16.2. The Morgan fingerprint density at radius 2 is 1.53 bits per heavy atom. The number of anilines is 2. The number of amides is 2. The van der Waals surface area contributed by atoms with E-state index < -0.39 is 6.03 Å². The molecule has 0 aromatic heterocycles. The largest absolute Gasteiger partial charge is 0.399 e. The van der Waals surface area contributed by atoms with Crippen LogP contribution in [0.3, 0.4) is 0 Å². The zero-order chi connectivity index (χ0) is 13.2. The Labute approximate surface area is 102 Å². The predicted molar refractivity (Wildman–Crippen MR) is 72.2 cm³/mol. The Hall–Kier alpha value is -1.71. The van der Waals surface area contributed by atoms with Gasteiger partial charge < -0.3 is 16.8 Å². The van der Waals surface area contributed by atoms with Crippen LogP contribution >= 0.6 is 0 Å². The molecule has 4 heteroatoms. The van der Waals surface area contributed by atoms with E-state index in [0.717, 1.165) is 16.8 Å². The average molecular weight is 235 g/mol. The molecule has 0 saturated carbocycles. The lowest BCUT2D eigenvalue weighted by Gasteiger charge is -2.20. The molecule has 0 aliphatic heterocycles. The van der Waals surface area contributed by atoms with E-state index in [-0.39, 0.29) is 11.8 Å². The van der Waals surface area contributed by atoms with Gasteiger partial charge in [-0.25, -0.2) is 4.79 Å². The summed E-state index contributed by atoms with van der Waals surface area (Å²) in [4.78, 5) is 11.1. The number of rotatable bonds is 3. The maximum absolute atomic E-state index is 11.1. The van der Waals surface area contributed by atoms with E-state index in [1.807, 2.05) is 12.1 Å². The van der Waals surface area contributed by atoms with Gasteiger partial charge in [0, 0.05) is 11.4 Å². The minimum atomic E-state index is -0.543. The quantitative estimate of drug-likeness (QED) is 0.704. The van der Waals surface area contributed by atoms with Crippen LogP contribution in [0.1, 0.15) is 50.7 Å². The third-order valence-electron chi connectivity index (χ3n) is 2.71. The van der Waals surface area contributed by atoms with Crippen molar-refractivity contribution < 1.29 is 4.79 Å². The number of benzene rings is 1. The first-order valence-corrected chi connectivity index (χ1v) is 5.82. The average Bonchev–Trinajstić information content (AvgIpc) is 2.18. The van der Waals surface area contributed by atoms with Gasteiger partial charge in [0.15, 0.2) is 0 Å². The molecular formula is C13H21N3O. The molecule has 1 aromatic carbocycles. The molecule has 0 spiro atoms. The van der Waals surface area contributed by atoms with Crippen molar-refractivity contribution in [2.45, 2.75) is 39.5 Å². The van der Waals surface area contributed by atoms with Crippen LogP contribution in [0.5, 0.6) is 0 Å². The molecule has 0 aliphatic rings. The van der Waals surface area contributed by atoms with Crippen LogP contribution in [0, 0.1) is 0 Å². The normalized spacial score (nSPS) is 10.9. The number of primary amides is 1. The Morgan fingerprint density at radius 3 is 1.82 bits per heavy atom. The summed E-state index contributed by atoms with van der Waals surface area (Å²) in [5.74, 6) is 0.552. The van der Waals surface area contributed by atoms with Crippen molar-refractivity contribution in [2.75, 3.05) is 11.1 Å². The minimum absolute atomic E-state index is 0.276. The van der Waals surface area contributed by atoms with E-state index >= 15 is 0 Å². The number of hydrogen-bond donors (Lipinski definition) is 3. The van der Waals surface area contributed by atoms with E-state index in [2.05, 4.69) is 33.0 Å². The number of carbonyl (C=O) groups is 1. The predicted octanol–water partition coefficient (Wildman–Crippen LogP) is 3.01. The van der Waals surface area contributed by atoms with Crippen LogP contribution in [0.15, 0.2) is 12.1 Å². The standard InChI is InChI=1S/C13H21N3O/c1-7(2)10-5-9(14)6-11(8(3)4)12(10)16-13(15)17/h5-8H,14H2,1-4H3,(H3,15,16,17). The fourth-order valence-electron chi connectivity index (χ4n) is 1.89. The molecule has 0 radical (unpaired) electrons. The van der Waals surface area contributed by atoms with Crippen LogP contribution in [-0.2, 0) is 0 Å². The zero-order valence-electron chi connectivity index (χ0n) is 10.9. The van der Waals surface area contributed by atoms with E-state index in [1.54, 1.807) is 0 Å². The molecule has 4 nitrogen and oxygen atoms in total. The highest BCUT2D eigenvalue weighted by Gasteiger charge is 2.16. The summed E-state index contributed by atoms with van der Waals surface area (Å²) < 4.78 is 0. The maximum atomic E-state index is 11.1. The second kappa shape index (κ2) is 5.08. The van der Waals surface area contributed by atoms with Crippen LogP contribution in [-0.4, -0.2) is 6.03 Å². The lowest BCUT2D eigenvalue weighted by molar-refractivity contribution is 0.259. The summed E-state index contributed by atoms with van der Waals surface area (Å²) in [5.41, 5.74) is 14.7.